The number of hydrogen-bond acceptors (Lipinski definition) is 5. The Bertz CT molecular complexity index is 1020. The van der Waals surface area contributed by atoms with Crippen molar-refractivity contribution in [2.24, 2.45) is 5.92 Å². The number of ketones is 1. The molecular formula is C23H24N4O2. The van der Waals surface area contributed by atoms with E-state index in [0.29, 0.717) is 23.4 Å². The highest BCUT2D eigenvalue weighted by Gasteiger charge is 2.39. The van der Waals surface area contributed by atoms with E-state index in [1.807, 2.05) is 32.0 Å². The molecule has 2 unspecified atom stereocenters. The van der Waals surface area contributed by atoms with Crippen molar-refractivity contribution in [2.45, 2.75) is 39.5 Å². The molecule has 0 bridgehead atoms. The number of aromatic nitrogens is 2. The van der Waals surface area contributed by atoms with Crippen molar-refractivity contribution in [3.63, 3.8) is 0 Å². The minimum absolute atomic E-state index is 0.0892. The van der Waals surface area contributed by atoms with Gasteiger partial charge >= 0.3 is 0 Å². The summed E-state index contributed by atoms with van der Waals surface area (Å²) in [6, 6.07) is 7.42. The third kappa shape index (κ3) is 3.70. The third-order valence-corrected chi connectivity index (χ3v) is 5.45. The van der Waals surface area contributed by atoms with E-state index in [9.17, 15) is 9.59 Å². The average Bonchev–Trinajstić information content (AvgIpc) is 2.69. The van der Waals surface area contributed by atoms with Gasteiger partial charge in [0.2, 0.25) is 0 Å². The molecule has 2 aromatic rings. The second-order valence-corrected chi connectivity index (χ2v) is 7.89. The van der Waals surface area contributed by atoms with Gasteiger partial charge in [-0.25, -0.2) is 4.98 Å². The van der Waals surface area contributed by atoms with Crippen LogP contribution in [0.2, 0.25) is 0 Å². The standard InChI is InChI=1S/C23H24N4O2/c1-13-6-7-19(25-11-13)27-23(29)20-15(3)26-17-9-14(2)10-18(28)22(17)21(20)16-5-4-8-24-12-16/h4-8,11-12,14,21,26H,9-10H2,1-3H3,(H,25,27,29). The highest BCUT2D eigenvalue weighted by Crippen LogP contribution is 2.43. The summed E-state index contributed by atoms with van der Waals surface area (Å²) in [5, 5.41) is 6.23. The lowest BCUT2D eigenvalue weighted by atomic mass is 9.73. The van der Waals surface area contributed by atoms with Crippen LogP contribution in [0.5, 0.6) is 0 Å². The van der Waals surface area contributed by atoms with E-state index >= 15 is 0 Å². The van der Waals surface area contributed by atoms with Crippen LogP contribution in [0.3, 0.4) is 0 Å². The maximum absolute atomic E-state index is 13.3. The number of allylic oxidation sites excluding steroid dienone is 3. The number of amides is 1. The van der Waals surface area contributed by atoms with Crippen LogP contribution < -0.4 is 10.6 Å². The van der Waals surface area contributed by atoms with E-state index in [1.54, 1.807) is 24.7 Å². The summed E-state index contributed by atoms with van der Waals surface area (Å²) in [5.41, 5.74) is 4.74. The molecule has 4 rings (SSSR count). The number of nitrogens with one attached hydrogen (secondary N) is 2. The van der Waals surface area contributed by atoms with Crippen LogP contribution >= 0.6 is 0 Å². The quantitative estimate of drug-likeness (QED) is 0.839. The number of carbonyl (C=O) groups excluding carboxylic acids is 2. The Morgan fingerprint density at radius 1 is 1.17 bits per heavy atom. The van der Waals surface area contributed by atoms with E-state index in [4.69, 9.17) is 0 Å². The van der Waals surface area contributed by atoms with E-state index in [0.717, 1.165) is 28.9 Å². The fraction of sp³-hybridized carbons (Fsp3) is 0.304. The van der Waals surface area contributed by atoms with Crippen molar-refractivity contribution in [3.05, 3.63) is 76.5 Å². The van der Waals surface area contributed by atoms with Gasteiger partial charge in [0.1, 0.15) is 5.82 Å². The number of aryl methyl sites for hydroxylation is 1. The lowest BCUT2D eigenvalue weighted by molar-refractivity contribution is -0.117. The van der Waals surface area contributed by atoms with E-state index in [-0.39, 0.29) is 17.6 Å². The van der Waals surface area contributed by atoms with Gasteiger partial charge in [0.15, 0.2) is 5.78 Å². The molecule has 0 spiro atoms. The molecule has 0 fully saturated rings. The van der Waals surface area contributed by atoms with Crippen molar-refractivity contribution in [1.82, 2.24) is 15.3 Å². The second kappa shape index (κ2) is 7.62. The molecule has 29 heavy (non-hydrogen) atoms. The molecule has 6 nitrogen and oxygen atoms in total. The zero-order valence-electron chi connectivity index (χ0n) is 16.8. The molecule has 0 saturated heterocycles. The monoisotopic (exact) mass is 388 g/mol. The number of carbonyl (C=O) groups is 2. The smallest absolute Gasteiger partial charge is 0.255 e. The minimum atomic E-state index is -0.439. The van der Waals surface area contributed by atoms with Crippen LogP contribution in [0.1, 0.15) is 43.7 Å². The average molecular weight is 388 g/mol. The zero-order chi connectivity index (χ0) is 20.5. The molecule has 1 aliphatic heterocycles. The summed E-state index contributed by atoms with van der Waals surface area (Å²) in [7, 11) is 0. The minimum Gasteiger partial charge on any atom is -0.362 e. The number of dihydropyridines is 1. The lowest BCUT2D eigenvalue weighted by Crippen LogP contribution is -2.37. The Hall–Kier alpha value is -3.28. The first-order chi connectivity index (χ1) is 13.9. The second-order valence-electron chi connectivity index (χ2n) is 7.89. The molecule has 0 radical (unpaired) electrons. The molecule has 2 atom stereocenters. The summed E-state index contributed by atoms with van der Waals surface area (Å²) in [4.78, 5) is 34.8. The van der Waals surface area contributed by atoms with Crippen LogP contribution in [0.4, 0.5) is 5.82 Å². The maximum atomic E-state index is 13.3. The summed E-state index contributed by atoms with van der Waals surface area (Å²) in [6.07, 6.45) is 6.42. The first-order valence-electron chi connectivity index (χ1n) is 9.82. The molecule has 148 valence electrons. The van der Waals surface area contributed by atoms with Gasteiger partial charge in [-0.2, -0.15) is 0 Å². The SMILES string of the molecule is CC1=C(C(=O)Nc2ccc(C)cn2)C(c2cccnc2)C2=C(CC(C)CC2=O)N1. The van der Waals surface area contributed by atoms with E-state index < -0.39 is 5.92 Å². The van der Waals surface area contributed by atoms with Crippen LogP contribution in [0.25, 0.3) is 0 Å². The summed E-state index contributed by atoms with van der Waals surface area (Å²) in [6.45, 7) is 5.90. The Morgan fingerprint density at radius 2 is 2.00 bits per heavy atom. The summed E-state index contributed by atoms with van der Waals surface area (Å²) in [5.74, 6) is 0.146. The number of rotatable bonds is 3. The van der Waals surface area contributed by atoms with Gasteiger partial charge in [-0.05, 0) is 49.4 Å². The first kappa shape index (κ1) is 19.1. The fourth-order valence-corrected chi connectivity index (χ4v) is 4.14. The molecule has 0 aromatic carbocycles. The van der Waals surface area contributed by atoms with Gasteiger partial charge in [-0.1, -0.05) is 19.1 Å². The van der Waals surface area contributed by atoms with E-state index in [1.165, 1.54) is 0 Å². The normalized spacial score (nSPS) is 21.6. The lowest BCUT2D eigenvalue weighted by Gasteiger charge is -2.36. The molecule has 1 aliphatic carbocycles. The van der Waals surface area contributed by atoms with Crippen molar-refractivity contribution in [2.75, 3.05) is 5.32 Å². The fourth-order valence-electron chi connectivity index (χ4n) is 4.14. The highest BCUT2D eigenvalue weighted by molar-refractivity contribution is 6.09. The van der Waals surface area contributed by atoms with Gasteiger partial charge in [0.05, 0.1) is 0 Å². The highest BCUT2D eigenvalue weighted by atomic mass is 16.2. The predicted octanol–water partition coefficient (Wildman–Crippen LogP) is 3.64. The van der Waals surface area contributed by atoms with Gasteiger partial charge < -0.3 is 10.6 Å². The Kier molecular flexibility index (Phi) is 5.01. The molecule has 0 saturated carbocycles. The molecule has 2 aromatic heterocycles. The van der Waals surface area contributed by atoms with Gasteiger partial charge in [-0.15, -0.1) is 0 Å². The third-order valence-electron chi connectivity index (χ3n) is 5.45. The molecule has 1 amide bonds. The molecule has 2 aliphatic rings. The number of Topliss-reactive ketones (excluding diaryl/α,β-unsaturated/α-hetero) is 1. The van der Waals surface area contributed by atoms with E-state index in [2.05, 4.69) is 27.5 Å². The zero-order valence-corrected chi connectivity index (χ0v) is 16.8. The molecule has 3 heterocycles. The Balaban J connectivity index is 1.77. The Labute approximate surface area is 170 Å². The number of pyridine rings is 2. The molecule has 2 N–H and O–H groups in total. The molecule has 6 heteroatoms. The van der Waals surface area contributed by atoms with Crippen molar-refractivity contribution in [1.29, 1.82) is 0 Å². The van der Waals surface area contributed by atoms with Gasteiger partial charge in [-0.3, -0.25) is 14.6 Å². The first-order valence-corrected chi connectivity index (χ1v) is 9.82. The summed E-state index contributed by atoms with van der Waals surface area (Å²) >= 11 is 0. The number of nitrogens with zero attached hydrogens (tertiary/aromatic N) is 2. The van der Waals surface area contributed by atoms with Crippen molar-refractivity contribution in [3.8, 4) is 0 Å². The van der Waals surface area contributed by atoms with Crippen LogP contribution in [-0.2, 0) is 9.59 Å². The Morgan fingerprint density at radius 3 is 2.69 bits per heavy atom. The number of anilines is 1. The van der Waals surface area contributed by atoms with Crippen LogP contribution in [-0.4, -0.2) is 21.7 Å². The van der Waals surface area contributed by atoms with Gasteiger partial charge in [0, 0.05) is 53.5 Å². The van der Waals surface area contributed by atoms with Crippen LogP contribution in [0.15, 0.2) is 65.4 Å². The van der Waals surface area contributed by atoms with Gasteiger partial charge in [0.25, 0.3) is 5.91 Å². The van der Waals surface area contributed by atoms with Crippen molar-refractivity contribution >= 4 is 17.5 Å². The predicted molar refractivity (Wildman–Crippen MR) is 111 cm³/mol. The number of hydrogen-bond donors (Lipinski definition) is 2. The topological polar surface area (TPSA) is 84.0 Å². The maximum Gasteiger partial charge on any atom is 0.255 e. The summed E-state index contributed by atoms with van der Waals surface area (Å²) < 4.78 is 0. The van der Waals surface area contributed by atoms with Crippen molar-refractivity contribution < 1.29 is 9.59 Å². The molecular weight excluding hydrogens is 364 g/mol. The largest absolute Gasteiger partial charge is 0.362 e. The van der Waals surface area contributed by atoms with Crippen LogP contribution in [0, 0.1) is 12.8 Å².